The lowest BCUT2D eigenvalue weighted by Crippen LogP contribution is -2.16. The lowest BCUT2D eigenvalue weighted by molar-refractivity contribution is 0.573. The van der Waals surface area contributed by atoms with Crippen LogP contribution in [0.5, 0.6) is 0 Å². The third-order valence-corrected chi connectivity index (χ3v) is 5.72. The van der Waals surface area contributed by atoms with E-state index in [4.69, 9.17) is 10.7 Å². The van der Waals surface area contributed by atoms with E-state index in [0.29, 0.717) is 11.4 Å². The van der Waals surface area contributed by atoms with E-state index in [1.54, 1.807) is 18.3 Å². The van der Waals surface area contributed by atoms with E-state index in [1.807, 2.05) is 26.0 Å². The number of anilines is 1. The topological polar surface area (TPSA) is 114 Å². The van der Waals surface area contributed by atoms with Crippen molar-refractivity contribution in [3.63, 3.8) is 0 Å². The molecule has 1 atom stereocenters. The smallest absolute Gasteiger partial charge is 0.160 e. The van der Waals surface area contributed by atoms with Gasteiger partial charge in [-0.05, 0) is 61.1 Å². The zero-order valence-electron chi connectivity index (χ0n) is 22.9. The molecule has 0 saturated carbocycles. The van der Waals surface area contributed by atoms with Crippen molar-refractivity contribution in [3.05, 3.63) is 82.9 Å². The van der Waals surface area contributed by atoms with Gasteiger partial charge in [0.05, 0.1) is 28.2 Å². The van der Waals surface area contributed by atoms with Crippen LogP contribution < -0.4 is 5.73 Å². The zero-order valence-corrected chi connectivity index (χ0v) is 22.9. The van der Waals surface area contributed by atoms with E-state index in [0.717, 1.165) is 42.1 Å². The zero-order chi connectivity index (χ0) is 28.5. The predicted octanol–water partition coefficient (Wildman–Crippen LogP) is 6.88. The van der Waals surface area contributed by atoms with E-state index >= 15 is 0 Å². The molecule has 0 aliphatic heterocycles. The Kier molecular flexibility index (Phi) is 10.1. The van der Waals surface area contributed by atoms with Gasteiger partial charge < -0.3 is 5.73 Å². The van der Waals surface area contributed by atoms with Gasteiger partial charge >= 0.3 is 0 Å². The largest absolute Gasteiger partial charge is 0.383 e. The monoisotopic (exact) mass is 529 g/mol. The lowest BCUT2D eigenvalue weighted by atomic mass is 9.84. The number of nitrogen functional groups attached to an aromatic ring is 1. The fourth-order valence-electron chi connectivity index (χ4n) is 4.11. The quantitative estimate of drug-likeness (QED) is 0.307. The molecule has 4 aromatic rings. The summed E-state index contributed by atoms with van der Waals surface area (Å²) in [7, 11) is 0. The summed E-state index contributed by atoms with van der Waals surface area (Å²) in [4.78, 5) is 13.1. The molecular weight excluding hydrogens is 496 g/mol. The summed E-state index contributed by atoms with van der Waals surface area (Å²) in [6.45, 7) is 10.5. The highest BCUT2D eigenvalue weighted by Gasteiger charge is 2.27. The Morgan fingerprint density at radius 2 is 1.72 bits per heavy atom. The van der Waals surface area contributed by atoms with Crippen molar-refractivity contribution in [1.82, 2.24) is 25.1 Å². The number of nitrogens with zero attached hydrogens (tertiary/aromatic N) is 6. The van der Waals surface area contributed by atoms with Gasteiger partial charge in [-0.2, -0.15) is 15.5 Å². The van der Waals surface area contributed by atoms with Crippen molar-refractivity contribution >= 4 is 5.82 Å². The molecule has 3 aromatic heterocycles. The number of hydrogen-bond acceptors (Lipinski definition) is 7. The van der Waals surface area contributed by atoms with Gasteiger partial charge in [-0.15, -0.1) is 0 Å². The summed E-state index contributed by atoms with van der Waals surface area (Å²) >= 11 is 0. The molecular formula is C30H33F2N7. The number of nitrogens with two attached hydrogens (primary N) is 1. The Labute approximate surface area is 228 Å². The van der Waals surface area contributed by atoms with Crippen LogP contribution in [0.4, 0.5) is 14.6 Å². The Morgan fingerprint density at radius 1 is 1.03 bits per heavy atom. The summed E-state index contributed by atoms with van der Waals surface area (Å²) in [5.41, 5.74) is 8.91. The second-order valence-corrected chi connectivity index (χ2v) is 9.49. The lowest BCUT2D eigenvalue weighted by Gasteiger charge is -2.24. The number of benzene rings is 1. The second-order valence-electron chi connectivity index (χ2n) is 9.49. The minimum atomic E-state index is -0.675. The van der Waals surface area contributed by atoms with Crippen LogP contribution in [0, 0.1) is 28.9 Å². The molecule has 7 nitrogen and oxygen atoms in total. The Bertz CT molecular complexity index is 1440. The molecule has 1 aromatic carbocycles. The van der Waals surface area contributed by atoms with Gasteiger partial charge in [-0.1, -0.05) is 40.7 Å². The number of pyridine rings is 1. The maximum Gasteiger partial charge on any atom is 0.160 e. The maximum absolute atomic E-state index is 14.2. The van der Waals surface area contributed by atoms with Crippen LogP contribution in [0.2, 0.25) is 0 Å². The van der Waals surface area contributed by atoms with Gasteiger partial charge in [0, 0.05) is 23.9 Å². The van der Waals surface area contributed by atoms with Gasteiger partial charge in [0.25, 0.3) is 0 Å². The number of aromatic nitrogens is 5. The molecule has 1 unspecified atom stereocenters. The standard InChI is InChI=1S/C24H17F2N7.C4H10.C2H6/c25-17-5-2-6-18(26)21(17)20-10-13-3-1-4-16(22(13)33-32-20)19-7-8-29-24(31-19)15-9-14(11-27)23(28)30-12-15;1-4(2)3;1-2/h2,5-10,12,16H,1,3-4H2,(H2,28,30);4H,1-3H3;1-2H3. The molecule has 0 amide bonds. The van der Waals surface area contributed by atoms with E-state index in [1.165, 1.54) is 24.4 Å². The first-order valence-electron chi connectivity index (χ1n) is 13.1. The Morgan fingerprint density at radius 3 is 2.38 bits per heavy atom. The summed E-state index contributed by atoms with van der Waals surface area (Å²) < 4.78 is 28.5. The molecule has 9 heteroatoms. The summed E-state index contributed by atoms with van der Waals surface area (Å²) in [5, 5.41) is 17.7. The molecule has 0 fully saturated rings. The third kappa shape index (κ3) is 6.96. The Balaban J connectivity index is 0.000000644. The molecule has 39 heavy (non-hydrogen) atoms. The average Bonchev–Trinajstić information content (AvgIpc) is 2.93. The van der Waals surface area contributed by atoms with Crippen LogP contribution in [-0.2, 0) is 6.42 Å². The SMILES string of the molecule is CC.CC(C)C.N#Cc1cc(-c2nccc(C3CCCc4cc(-c5c(F)cccc5F)nnc43)n2)cnc1N. The minimum absolute atomic E-state index is 0.139. The van der Waals surface area contributed by atoms with Crippen molar-refractivity contribution in [2.45, 2.75) is 59.8 Å². The highest BCUT2D eigenvalue weighted by Crippen LogP contribution is 2.36. The van der Waals surface area contributed by atoms with E-state index < -0.39 is 11.6 Å². The van der Waals surface area contributed by atoms with Gasteiger partial charge in [0.15, 0.2) is 5.82 Å². The van der Waals surface area contributed by atoms with Crippen LogP contribution in [0.15, 0.2) is 48.8 Å². The van der Waals surface area contributed by atoms with Crippen molar-refractivity contribution in [2.24, 2.45) is 5.92 Å². The van der Waals surface area contributed by atoms with Crippen LogP contribution >= 0.6 is 0 Å². The molecule has 1 aliphatic rings. The first-order valence-corrected chi connectivity index (χ1v) is 13.1. The van der Waals surface area contributed by atoms with Crippen molar-refractivity contribution < 1.29 is 8.78 Å². The molecule has 2 N–H and O–H groups in total. The Hall–Kier alpha value is -4.32. The first kappa shape index (κ1) is 29.2. The number of hydrogen-bond donors (Lipinski definition) is 1. The van der Waals surface area contributed by atoms with E-state index in [-0.39, 0.29) is 28.6 Å². The minimum Gasteiger partial charge on any atom is -0.383 e. The number of halogens is 2. The highest BCUT2D eigenvalue weighted by molar-refractivity contribution is 5.63. The second kappa shape index (κ2) is 13.5. The first-order chi connectivity index (χ1) is 18.8. The molecule has 0 saturated heterocycles. The molecule has 202 valence electrons. The number of aryl methyl sites for hydroxylation is 1. The number of nitriles is 1. The maximum atomic E-state index is 14.2. The van der Waals surface area contributed by atoms with E-state index in [2.05, 4.69) is 40.9 Å². The molecule has 0 radical (unpaired) electrons. The van der Waals surface area contributed by atoms with Crippen molar-refractivity contribution in [3.8, 4) is 28.7 Å². The third-order valence-electron chi connectivity index (χ3n) is 5.72. The predicted molar refractivity (Wildman–Crippen MR) is 148 cm³/mol. The summed E-state index contributed by atoms with van der Waals surface area (Å²) in [5.74, 6) is -0.0888. The normalized spacial score (nSPS) is 13.8. The van der Waals surface area contributed by atoms with Crippen molar-refractivity contribution in [2.75, 3.05) is 5.73 Å². The van der Waals surface area contributed by atoms with Gasteiger partial charge in [0.2, 0.25) is 0 Å². The van der Waals surface area contributed by atoms with Crippen LogP contribution in [-0.4, -0.2) is 25.1 Å². The molecule has 5 rings (SSSR count). The van der Waals surface area contributed by atoms with Gasteiger partial charge in [0.1, 0.15) is 23.5 Å². The molecule has 1 aliphatic carbocycles. The number of fused-ring (bicyclic) bond motifs is 1. The summed E-state index contributed by atoms with van der Waals surface area (Å²) in [6, 6.07) is 10.9. The van der Waals surface area contributed by atoms with Gasteiger partial charge in [-0.25, -0.2) is 23.7 Å². The molecule has 0 spiro atoms. The fraction of sp³-hybridized carbons (Fsp3) is 0.333. The molecule has 3 heterocycles. The van der Waals surface area contributed by atoms with Gasteiger partial charge in [-0.3, -0.25) is 0 Å². The average molecular weight is 530 g/mol. The molecule has 0 bridgehead atoms. The van der Waals surface area contributed by atoms with Crippen molar-refractivity contribution in [1.29, 1.82) is 5.26 Å². The van der Waals surface area contributed by atoms with Crippen LogP contribution in [0.3, 0.4) is 0 Å². The fourth-order valence-corrected chi connectivity index (χ4v) is 4.11. The van der Waals surface area contributed by atoms with Crippen LogP contribution in [0.1, 0.15) is 75.9 Å². The van der Waals surface area contributed by atoms with Crippen LogP contribution in [0.25, 0.3) is 22.6 Å². The number of rotatable bonds is 3. The van der Waals surface area contributed by atoms with E-state index in [9.17, 15) is 14.0 Å². The summed E-state index contributed by atoms with van der Waals surface area (Å²) in [6.07, 6.45) is 5.57. The highest BCUT2D eigenvalue weighted by atomic mass is 19.1.